The van der Waals surface area contributed by atoms with Crippen LogP contribution in [0.1, 0.15) is 46.0 Å². The molecule has 0 spiro atoms. The number of ether oxygens (including phenoxy) is 2. The van der Waals surface area contributed by atoms with Crippen LogP contribution in [0.15, 0.2) is 48.5 Å². The maximum absolute atomic E-state index is 12.3. The predicted octanol–water partition coefficient (Wildman–Crippen LogP) is 3.71. The van der Waals surface area contributed by atoms with Gasteiger partial charge in [-0.25, -0.2) is 9.59 Å². The summed E-state index contributed by atoms with van der Waals surface area (Å²) < 4.78 is 10.4. The number of rotatable bonds is 7. The summed E-state index contributed by atoms with van der Waals surface area (Å²) in [4.78, 5) is 24.4. The summed E-state index contributed by atoms with van der Waals surface area (Å²) in [6.45, 7) is 2.38. The van der Waals surface area contributed by atoms with Crippen molar-refractivity contribution in [3.8, 4) is 5.75 Å². The molecule has 0 saturated heterocycles. The van der Waals surface area contributed by atoms with Gasteiger partial charge in [0.25, 0.3) is 0 Å². The fourth-order valence-corrected chi connectivity index (χ4v) is 2.04. The third kappa shape index (κ3) is 4.84. The molecular weight excluding hydrogens is 308 g/mol. The molecule has 1 N–H and O–H groups in total. The molecule has 2 aromatic carbocycles. The zero-order chi connectivity index (χ0) is 17.4. The van der Waals surface area contributed by atoms with Gasteiger partial charge in [-0.05, 0) is 36.2 Å². The summed E-state index contributed by atoms with van der Waals surface area (Å²) in [5.74, 6) is -0.975. The average molecular weight is 328 g/mol. The second-order valence-corrected chi connectivity index (χ2v) is 5.28. The van der Waals surface area contributed by atoms with Crippen molar-refractivity contribution in [2.24, 2.45) is 0 Å². The molecule has 5 nitrogen and oxygen atoms in total. The summed E-state index contributed by atoms with van der Waals surface area (Å²) in [5, 5.41) is 9.24. The van der Waals surface area contributed by atoms with Gasteiger partial charge in [-0.3, -0.25) is 0 Å². The lowest BCUT2D eigenvalue weighted by atomic mass is 10.1. The Kier molecular flexibility index (Phi) is 6.37. The van der Waals surface area contributed by atoms with E-state index in [2.05, 4.69) is 0 Å². The number of phenolic OH excluding ortho intramolecular Hbond substituents is 1. The molecule has 2 aromatic rings. The van der Waals surface area contributed by atoms with E-state index in [0.717, 1.165) is 18.4 Å². The summed E-state index contributed by atoms with van der Waals surface area (Å²) in [6, 6.07) is 12.8. The summed E-state index contributed by atoms with van der Waals surface area (Å²) in [7, 11) is 0. The van der Waals surface area contributed by atoms with Crippen molar-refractivity contribution in [1.82, 2.24) is 0 Å². The number of carbonyl (C=O) groups is 2. The van der Waals surface area contributed by atoms with Crippen molar-refractivity contribution in [3.63, 3.8) is 0 Å². The van der Waals surface area contributed by atoms with E-state index in [4.69, 9.17) is 9.47 Å². The number of esters is 2. The first kappa shape index (κ1) is 17.5. The summed E-state index contributed by atoms with van der Waals surface area (Å²) in [6.07, 6.45) is 1.70. The van der Waals surface area contributed by atoms with Crippen LogP contribution >= 0.6 is 0 Å². The monoisotopic (exact) mass is 328 g/mol. The number of hydrogen-bond acceptors (Lipinski definition) is 5. The average Bonchev–Trinajstić information content (AvgIpc) is 2.61. The topological polar surface area (TPSA) is 72.8 Å². The van der Waals surface area contributed by atoms with Crippen LogP contribution in [0.3, 0.4) is 0 Å². The van der Waals surface area contributed by atoms with Gasteiger partial charge in [-0.15, -0.1) is 0 Å². The third-order valence-electron chi connectivity index (χ3n) is 3.40. The molecule has 0 amide bonds. The van der Waals surface area contributed by atoms with E-state index in [-0.39, 0.29) is 23.5 Å². The minimum Gasteiger partial charge on any atom is -0.508 e. The molecule has 5 heteroatoms. The maximum atomic E-state index is 12.3. The van der Waals surface area contributed by atoms with Crippen LogP contribution in [-0.4, -0.2) is 23.7 Å². The third-order valence-corrected chi connectivity index (χ3v) is 3.40. The fraction of sp³-hybridized carbons (Fsp3) is 0.263. The first-order valence-electron chi connectivity index (χ1n) is 7.83. The normalized spacial score (nSPS) is 10.2. The Morgan fingerprint density at radius 1 is 0.917 bits per heavy atom. The lowest BCUT2D eigenvalue weighted by Gasteiger charge is -2.10. The number of hydrogen-bond donors (Lipinski definition) is 1. The highest BCUT2D eigenvalue weighted by Gasteiger charge is 2.18. The maximum Gasteiger partial charge on any atom is 0.339 e. The number of aromatic hydroxyl groups is 1. The van der Waals surface area contributed by atoms with Crippen molar-refractivity contribution in [1.29, 1.82) is 0 Å². The van der Waals surface area contributed by atoms with E-state index in [9.17, 15) is 14.7 Å². The molecule has 2 rings (SSSR count). The lowest BCUT2D eigenvalue weighted by molar-refractivity contribution is 0.0437. The Hall–Kier alpha value is -2.82. The highest BCUT2D eigenvalue weighted by Crippen LogP contribution is 2.15. The van der Waals surface area contributed by atoms with E-state index >= 15 is 0 Å². The SMILES string of the molecule is CCCCOC(=O)c1ccccc1C(=O)OCc1ccc(O)cc1. The highest BCUT2D eigenvalue weighted by atomic mass is 16.5. The number of unbranched alkanes of at least 4 members (excludes halogenated alkanes) is 1. The predicted molar refractivity (Wildman–Crippen MR) is 88.9 cm³/mol. The van der Waals surface area contributed by atoms with E-state index in [1.165, 1.54) is 18.2 Å². The second kappa shape index (κ2) is 8.72. The van der Waals surface area contributed by atoms with E-state index in [1.54, 1.807) is 30.3 Å². The van der Waals surface area contributed by atoms with Crippen molar-refractivity contribution >= 4 is 11.9 Å². The minimum absolute atomic E-state index is 0.0539. The Labute approximate surface area is 140 Å². The van der Waals surface area contributed by atoms with Gasteiger partial charge in [0.1, 0.15) is 12.4 Å². The zero-order valence-corrected chi connectivity index (χ0v) is 13.5. The molecule has 0 fully saturated rings. The molecule has 0 radical (unpaired) electrons. The molecule has 0 aliphatic heterocycles. The van der Waals surface area contributed by atoms with E-state index in [1.807, 2.05) is 6.92 Å². The number of benzene rings is 2. The minimum atomic E-state index is -0.592. The molecule has 0 aliphatic rings. The Balaban J connectivity index is 2.03. The van der Waals surface area contributed by atoms with Crippen LogP contribution in [0.4, 0.5) is 0 Å². The molecular formula is C19H20O5. The quantitative estimate of drug-likeness (QED) is 0.619. The van der Waals surface area contributed by atoms with E-state index in [0.29, 0.717) is 6.61 Å². The van der Waals surface area contributed by atoms with Gasteiger partial charge in [0, 0.05) is 0 Å². The molecule has 0 unspecified atom stereocenters. The van der Waals surface area contributed by atoms with Crippen molar-refractivity contribution < 1.29 is 24.2 Å². The standard InChI is InChI=1S/C19H20O5/c1-2-3-12-23-18(21)16-6-4-5-7-17(16)19(22)24-13-14-8-10-15(20)11-9-14/h4-11,20H,2-3,12-13H2,1H3. The first-order chi connectivity index (χ1) is 11.6. The second-order valence-electron chi connectivity index (χ2n) is 5.28. The summed E-state index contributed by atoms with van der Waals surface area (Å²) >= 11 is 0. The van der Waals surface area contributed by atoms with Gasteiger partial charge in [-0.1, -0.05) is 37.6 Å². The van der Waals surface area contributed by atoms with Gasteiger partial charge in [-0.2, -0.15) is 0 Å². The van der Waals surface area contributed by atoms with Gasteiger partial charge in [0.2, 0.25) is 0 Å². The van der Waals surface area contributed by atoms with E-state index < -0.39 is 11.9 Å². The Morgan fingerprint density at radius 3 is 2.08 bits per heavy atom. The molecule has 24 heavy (non-hydrogen) atoms. The smallest absolute Gasteiger partial charge is 0.339 e. The Morgan fingerprint density at radius 2 is 1.50 bits per heavy atom. The number of carbonyl (C=O) groups excluding carboxylic acids is 2. The van der Waals surface area contributed by atoms with Crippen LogP contribution < -0.4 is 0 Å². The molecule has 0 heterocycles. The van der Waals surface area contributed by atoms with Crippen LogP contribution in [-0.2, 0) is 16.1 Å². The molecule has 0 atom stereocenters. The first-order valence-corrected chi connectivity index (χ1v) is 7.83. The van der Waals surface area contributed by atoms with Crippen LogP contribution in [0.2, 0.25) is 0 Å². The lowest BCUT2D eigenvalue weighted by Crippen LogP contribution is -2.14. The largest absolute Gasteiger partial charge is 0.508 e. The number of phenols is 1. The summed E-state index contributed by atoms with van der Waals surface area (Å²) in [5.41, 5.74) is 1.12. The zero-order valence-electron chi connectivity index (χ0n) is 13.5. The molecule has 0 aromatic heterocycles. The van der Waals surface area contributed by atoms with Gasteiger partial charge < -0.3 is 14.6 Å². The van der Waals surface area contributed by atoms with Crippen molar-refractivity contribution in [3.05, 3.63) is 65.2 Å². The molecule has 0 aliphatic carbocycles. The molecule has 0 saturated carbocycles. The molecule has 126 valence electrons. The highest BCUT2D eigenvalue weighted by molar-refractivity contribution is 6.03. The van der Waals surface area contributed by atoms with Crippen LogP contribution in [0, 0.1) is 0 Å². The van der Waals surface area contributed by atoms with Crippen LogP contribution in [0.5, 0.6) is 5.75 Å². The Bertz CT molecular complexity index is 691. The van der Waals surface area contributed by atoms with Gasteiger partial charge in [0.05, 0.1) is 17.7 Å². The van der Waals surface area contributed by atoms with Crippen molar-refractivity contribution in [2.45, 2.75) is 26.4 Å². The van der Waals surface area contributed by atoms with Gasteiger partial charge >= 0.3 is 11.9 Å². The fourth-order valence-electron chi connectivity index (χ4n) is 2.04. The van der Waals surface area contributed by atoms with Crippen LogP contribution in [0.25, 0.3) is 0 Å². The van der Waals surface area contributed by atoms with Gasteiger partial charge in [0.15, 0.2) is 0 Å². The van der Waals surface area contributed by atoms with Crippen molar-refractivity contribution in [2.75, 3.05) is 6.61 Å². The molecule has 0 bridgehead atoms.